The molecule has 0 unspecified atom stereocenters. The van der Waals surface area contributed by atoms with Gasteiger partial charge in [-0.25, -0.2) is 9.18 Å². The highest BCUT2D eigenvalue weighted by Gasteiger charge is 2.51. The molecule has 0 radical (unpaired) electrons. The summed E-state index contributed by atoms with van der Waals surface area (Å²) in [6.45, 7) is 0.193. The lowest BCUT2D eigenvalue weighted by atomic mass is 9.98. The summed E-state index contributed by atoms with van der Waals surface area (Å²) in [5, 5.41) is 5.76. The van der Waals surface area contributed by atoms with E-state index in [9.17, 15) is 18.8 Å². The molecule has 0 aromatic heterocycles. The minimum atomic E-state index is -0.723. The van der Waals surface area contributed by atoms with Gasteiger partial charge in [0.25, 0.3) is 5.91 Å². The number of rotatable bonds is 5. The van der Waals surface area contributed by atoms with Gasteiger partial charge in [-0.2, -0.15) is 0 Å². The maximum absolute atomic E-state index is 12.9. The second kappa shape index (κ2) is 8.51. The van der Waals surface area contributed by atoms with Crippen LogP contribution in [0.2, 0.25) is 0 Å². The fourth-order valence-electron chi connectivity index (χ4n) is 3.48. The van der Waals surface area contributed by atoms with E-state index in [-0.39, 0.29) is 41.7 Å². The van der Waals surface area contributed by atoms with Crippen molar-refractivity contribution in [3.8, 4) is 0 Å². The number of hydrogen-bond acceptors (Lipinski definition) is 4. The summed E-state index contributed by atoms with van der Waals surface area (Å²) in [6.07, 6.45) is 3.69. The minimum Gasteiger partial charge on any atom is -0.331 e. The first-order chi connectivity index (χ1) is 13.4. The van der Waals surface area contributed by atoms with Gasteiger partial charge in [0.2, 0.25) is 5.91 Å². The van der Waals surface area contributed by atoms with Crippen molar-refractivity contribution in [3.05, 3.63) is 30.1 Å². The quantitative estimate of drug-likeness (QED) is 0.337. The number of hydrogen-bond donors (Lipinski definition) is 4. The topological polar surface area (TPSA) is 103 Å². The Hall–Kier alpha value is -2.75. The summed E-state index contributed by atoms with van der Waals surface area (Å²) in [5.74, 6) is -0.870. The van der Waals surface area contributed by atoms with Gasteiger partial charge < -0.3 is 10.6 Å². The highest BCUT2D eigenvalue weighted by Crippen LogP contribution is 2.35. The van der Waals surface area contributed by atoms with Crippen molar-refractivity contribution in [2.45, 2.75) is 44.1 Å². The zero-order chi connectivity index (χ0) is 20.1. The summed E-state index contributed by atoms with van der Waals surface area (Å²) < 4.78 is 12.9. The Balaban J connectivity index is 1.36. The molecule has 4 N–H and O–H groups in total. The van der Waals surface area contributed by atoms with Crippen molar-refractivity contribution < 1.29 is 18.8 Å². The van der Waals surface area contributed by atoms with E-state index in [2.05, 4.69) is 21.5 Å². The number of hydrazine groups is 1. The molecule has 10 heteroatoms. The largest absolute Gasteiger partial charge is 0.331 e. The first-order valence-electron chi connectivity index (χ1n) is 9.15. The molecule has 150 valence electrons. The van der Waals surface area contributed by atoms with Crippen LogP contribution in [0, 0.1) is 5.82 Å². The number of imide groups is 1. The summed E-state index contributed by atoms with van der Waals surface area (Å²) in [4.78, 5) is 37.7. The van der Waals surface area contributed by atoms with E-state index < -0.39 is 5.54 Å². The Morgan fingerprint density at radius 1 is 1.18 bits per heavy atom. The van der Waals surface area contributed by atoms with Crippen LogP contribution in [0.25, 0.3) is 0 Å². The molecule has 1 spiro atoms. The third kappa shape index (κ3) is 4.56. The van der Waals surface area contributed by atoms with Gasteiger partial charge in [0.1, 0.15) is 11.4 Å². The number of benzene rings is 1. The Bertz CT molecular complexity index is 780. The van der Waals surface area contributed by atoms with E-state index >= 15 is 0 Å². The lowest BCUT2D eigenvalue weighted by molar-refractivity contribution is -0.131. The second-order valence-corrected chi connectivity index (χ2v) is 7.32. The maximum Gasteiger partial charge on any atom is 0.325 e. The zero-order valence-corrected chi connectivity index (χ0v) is 16.0. The number of carbonyl (C=O) groups is 3. The predicted molar refractivity (Wildman–Crippen MR) is 105 cm³/mol. The van der Waals surface area contributed by atoms with Crippen LogP contribution in [0.4, 0.5) is 14.9 Å². The van der Waals surface area contributed by atoms with E-state index in [1.54, 1.807) is 0 Å². The van der Waals surface area contributed by atoms with Gasteiger partial charge in [-0.1, -0.05) is 12.8 Å². The number of halogens is 1. The van der Waals surface area contributed by atoms with Gasteiger partial charge in [0.05, 0.1) is 0 Å². The Morgan fingerprint density at radius 2 is 1.86 bits per heavy atom. The number of urea groups is 1. The molecule has 1 aromatic carbocycles. The van der Waals surface area contributed by atoms with Crippen LogP contribution in [0.5, 0.6) is 0 Å². The van der Waals surface area contributed by atoms with Crippen LogP contribution >= 0.6 is 12.2 Å². The van der Waals surface area contributed by atoms with E-state index in [0.717, 1.165) is 12.8 Å². The van der Waals surface area contributed by atoms with Gasteiger partial charge in [0.15, 0.2) is 5.11 Å². The lowest BCUT2D eigenvalue weighted by Gasteiger charge is -2.20. The third-order valence-electron chi connectivity index (χ3n) is 4.91. The molecule has 3 rings (SSSR count). The number of carbonyl (C=O) groups excluding carboxylic acids is 3. The lowest BCUT2D eigenvalue weighted by Crippen LogP contribution is -2.44. The van der Waals surface area contributed by atoms with Gasteiger partial charge >= 0.3 is 6.03 Å². The summed E-state index contributed by atoms with van der Waals surface area (Å²) in [6, 6.07) is 5.22. The molecule has 1 saturated carbocycles. The van der Waals surface area contributed by atoms with Crippen molar-refractivity contribution in [2.75, 3.05) is 11.9 Å². The first-order valence-corrected chi connectivity index (χ1v) is 9.56. The molecule has 2 fully saturated rings. The van der Waals surface area contributed by atoms with Crippen LogP contribution in [-0.4, -0.2) is 39.9 Å². The van der Waals surface area contributed by atoms with Crippen LogP contribution in [0.1, 0.15) is 38.5 Å². The SMILES string of the molecule is O=C(CCCN1C(=O)NC2(CCCC2)C1=O)NNC(=S)Nc1ccc(F)cc1. The molecule has 1 heterocycles. The fourth-order valence-corrected chi connectivity index (χ4v) is 3.65. The fraction of sp³-hybridized carbons (Fsp3) is 0.444. The molecule has 0 atom stereocenters. The Kier molecular flexibility index (Phi) is 6.08. The molecule has 1 saturated heterocycles. The van der Waals surface area contributed by atoms with Crippen molar-refractivity contribution in [1.29, 1.82) is 0 Å². The van der Waals surface area contributed by atoms with Crippen molar-refractivity contribution >= 4 is 40.9 Å². The summed E-state index contributed by atoms with van der Waals surface area (Å²) >= 11 is 5.04. The van der Waals surface area contributed by atoms with Crippen molar-refractivity contribution in [2.24, 2.45) is 0 Å². The first kappa shape index (κ1) is 20.0. The van der Waals surface area contributed by atoms with Crippen LogP contribution in [0.15, 0.2) is 24.3 Å². The minimum absolute atomic E-state index is 0.121. The number of amides is 4. The molecule has 28 heavy (non-hydrogen) atoms. The summed E-state index contributed by atoms with van der Waals surface area (Å²) in [5.41, 5.74) is 4.84. The molecule has 4 amide bonds. The predicted octanol–water partition coefficient (Wildman–Crippen LogP) is 1.79. The Labute approximate surface area is 167 Å². The highest BCUT2D eigenvalue weighted by molar-refractivity contribution is 7.80. The summed E-state index contributed by atoms with van der Waals surface area (Å²) in [7, 11) is 0. The normalized spacial score (nSPS) is 17.5. The average Bonchev–Trinajstić information content (AvgIpc) is 3.22. The van der Waals surface area contributed by atoms with Crippen molar-refractivity contribution in [1.82, 2.24) is 21.1 Å². The van der Waals surface area contributed by atoms with Crippen LogP contribution < -0.4 is 21.5 Å². The van der Waals surface area contributed by atoms with E-state index in [0.29, 0.717) is 24.9 Å². The van der Waals surface area contributed by atoms with Crippen LogP contribution in [0.3, 0.4) is 0 Å². The standard InChI is InChI=1S/C18H22FN5O3S/c19-12-5-7-13(8-6-12)20-16(28)23-22-14(25)4-3-11-24-15(26)18(21-17(24)27)9-1-2-10-18/h5-8H,1-4,9-11H2,(H,21,27)(H,22,25)(H2,20,23,28). The van der Waals surface area contributed by atoms with Crippen molar-refractivity contribution in [3.63, 3.8) is 0 Å². The molecular weight excluding hydrogens is 385 g/mol. The number of nitrogens with one attached hydrogen (secondary N) is 4. The van der Waals surface area contributed by atoms with E-state index in [1.807, 2.05) is 0 Å². The van der Waals surface area contributed by atoms with E-state index in [1.165, 1.54) is 29.2 Å². The van der Waals surface area contributed by atoms with Gasteiger partial charge in [-0.3, -0.25) is 25.3 Å². The smallest absolute Gasteiger partial charge is 0.325 e. The average molecular weight is 407 g/mol. The second-order valence-electron chi connectivity index (χ2n) is 6.91. The molecule has 8 nitrogen and oxygen atoms in total. The number of thiocarbonyl (C=S) groups is 1. The van der Waals surface area contributed by atoms with Gasteiger partial charge in [0, 0.05) is 18.7 Å². The molecule has 1 aliphatic heterocycles. The molecular formula is C18H22FN5O3S. The van der Waals surface area contributed by atoms with E-state index in [4.69, 9.17) is 12.2 Å². The Morgan fingerprint density at radius 3 is 2.54 bits per heavy atom. The molecule has 0 bridgehead atoms. The third-order valence-corrected chi connectivity index (χ3v) is 5.11. The molecule has 1 aliphatic carbocycles. The zero-order valence-electron chi connectivity index (χ0n) is 15.2. The molecule has 2 aliphatic rings. The van der Waals surface area contributed by atoms with Crippen LogP contribution in [-0.2, 0) is 9.59 Å². The van der Waals surface area contributed by atoms with Gasteiger partial charge in [-0.15, -0.1) is 0 Å². The maximum atomic E-state index is 12.9. The number of anilines is 1. The van der Waals surface area contributed by atoms with Gasteiger partial charge in [-0.05, 0) is 55.7 Å². The highest BCUT2D eigenvalue weighted by atomic mass is 32.1. The number of nitrogens with zero attached hydrogens (tertiary/aromatic N) is 1. The monoisotopic (exact) mass is 407 g/mol. The molecule has 1 aromatic rings.